The Morgan fingerprint density at radius 1 is 1.40 bits per heavy atom. The molecule has 2 aromatic rings. The van der Waals surface area contributed by atoms with Gasteiger partial charge in [0.15, 0.2) is 0 Å². The molecule has 5 heteroatoms. The zero-order chi connectivity index (χ0) is 14.7. The molecule has 0 radical (unpaired) electrons. The average molecular weight is 295 g/mol. The number of carboxylic acids is 1. The van der Waals surface area contributed by atoms with Crippen molar-refractivity contribution in [3.8, 4) is 0 Å². The molecule has 2 rings (SSSR count). The summed E-state index contributed by atoms with van der Waals surface area (Å²) in [7, 11) is 0. The summed E-state index contributed by atoms with van der Waals surface area (Å²) in [6, 6.07) is 6.05. The van der Waals surface area contributed by atoms with E-state index in [-0.39, 0.29) is 6.42 Å². The van der Waals surface area contributed by atoms with E-state index in [4.69, 9.17) is 16.7 Å². The van der Waals surface area contributed by atoms with Crippen molar-refractivity contribution in [1.82, 2.24) is 9.55 Å². The number of unbranched alkanes of at least 4 members (excludes halogenated alkanes) is 1. The number of fused-ring (bicyclic) bond motifs is 1. The number of carboxylic acid groups (broad SMARTS) is 1. The number of halogens is 1. The largest absolute Gasteiger partial charge is 0.481 e. The molecule has 108 valence electrons. The second kappa shape index (κ2) is 6.27. The maximum atomic E-state index is 10.5. The van der Waals surface area contributed by atoms with Crippen LogP contribution in [0.4, 0.5) is 0 Å². The summed E-state index contributed by atoms with van der Waals surface area (Å²) in [6.07, 6.45) is 2.51. The van der Waals surface area contributed by atoms with Gasteiger partial charge in [-0.1, -0.05) is 11.6 Å². The average Bonchev–Trinajstić information content (AvgIpc) is 2.71. The van der Waals surface area contributed by atoms with Gasteiger partial charge in [0.05, 0.1) is 11.0 Å². The number of carbonyl (C=O) groups is 1. The van der Waals surface area contributed by atoms with Crippen LogP contribution in [0.25, 0.3) is 11.0 Å². The third-order valence-corrected chi connectivity index (χ3v) is 3.52. The molecule has 1 heterocycles. The second-order valence-corrected chi connectivity index (χ2v) is 5.66. The van der Waals surface area contributed by atoms with Crippen molar-refractivity contribution >= 4 is 28.6 Å². The molecule has 0 fully saturated rings. The van der Waals surface area contributed by atoms with E-state index in [9.17, 15) is 4.79 Å². The van der Waals surface area contributed by atoms with Gasteiger partial charge in [-0.25, -0.2) is 4.98 Å². The van der Waals surface area contributed by atoms with E-state index in [1.165, 1.54) is 0 Å². The number of hydrogen-bond acceptors (Lipinski definition) is 2. The molecule has 0 amide bonds. The summed E-state index contributed by atoms with van der Waals surface area (Å²) in [5, 5.41) is 9.35. The van der Waals surface area contributed by atoms with E-state index in [0.717, 1.165) is 29.7 Å². The molecule has 0 unspecified atom stereocenters. The monoisotopic (exact) mass is 294 g/mol. The molecule has 0 saturated heterocycles. The highest BCUT2D eigenvalue weighted by Crippen LogP contribution is 2.24. The lowest BCUT2D eigenvalue weighted by Gasteiger charge is -2.12. The van der Waals surface area contributed by atoms with Crippen LogP contribution in [0.3, 0.4) is 0 Å². The number of aryl methyl sites for hydroxylation is 1. The highest BCUT2D eigenvalue weighted by atomic mass is 35.5. The van der Waals surface area contributed by atoms with Crippen molar-refractivity contribution in [2.75, 3.05) is 0 Å². The van der Waals surface area contributed by atoms with Gasteiger partial charge < -0.3 is 9.67 Å². The fourth-order valence-electron chi connectivity index (χ4n) is 2.43. The predicted octanol–water partition coefficient (Wildman–Crippen LogP) is 4.07. The number of nitrogens with zero attached hydrogens (tertiary/aromatic N) is 2. The molecule has 4 nitrogen and oxygen atoms in total. The zero-order valence-electron chi connectivity index (χ0n) is 11.8. The molecule has 1 aromatic carbocycles. The molecule has 0 aliphatic heterocycles. The van der Waals surface area contributed by atoms with Gasteiger partial charge in [0, 0.05) is 23.9 Å². The molecule has 20 heavy (non-hydrogen) atoms. The summed E-state index contributed by atoms with van der Waals surface area (Å²) in [4.78, 5) is 15.2. The van der Waals surface area contributed by atoms with Crippen molar-refractivity contribution in [3.05, 3.63) is 29.0 Å². The minimum Gasteiger partial charge on any atom is -0.481 e. The quantitative estimate of drug-likeness (QED) is 0.817. The number of imidazole rings is 1. The summed E-state index contributed by atoms with van der Waals surface area (Å²) in [5.41, 5.74) is 1.98. The Kier molecular flexibility index (Phi) is 4.65. The Morgan fingerprint density at radius 3 is 2.80 bits per heavy atom. The van der Waals surface area contributed by atoms with Gasteiger partial charge in [-0.3, -0.25) is 4.79 Å². The predicted molar refractivity (Wildman–Crippen MR) is 80.3 cm³/mol. The fraction of sp³-hybridized carbons (Fsp3) is 0.467. The number of benzene rings is 1. The lowest BCUT2D eigenvalue weighted by molar-refractivity contribution is -0.137. The standard InChI is InChI=1S/C15H19ClN2O2/c1-10(2)18-13-8-7-11(16)9-12(13)17-14(18)5-3-4-6-15(19)20/h7-10H,3-6H2,1-2H3,(H,19,20). The molecule has 0 atom stereocenters. The van der Waals surface area contributed by atoms with Crippen LogP contribution in [-0.2, 0) is 11.2 Å². The Balaban J connectivity index is 2.23. The van der Waals surface area contributed by atoms with Crippen molar-refractivity contribution < 1.29 is 9.90 Å². The SMILES string of the molecule is CC(C)n1c(CCCCC(=O)O)nc2cc(Cl)ccc21. The van der Waals surface area contributed by atoms with Crippen LogP contribution < -0.4 is 0 Å². The first-order chi connectivity index (χ1) is 9.49. The Morgan fingerprint density at radius 2 is 2.15 bits per heavy atom. The van der Waals surface area contributed by atoms with E-state index in [2.05, 4.69) is 23.4 Å². The third kappa shape index (κ3) is 3.31. The highest BCUT2D eigenvalue weighted by molar-refractivity contribution is 6.31. The Hall–Kier alpha value is -1.55. The first-order valence-electron chi connectivity index (χ1n) is 6.87. The Bertz CT molecular complexity index is 620. The Labute approximate surface area is 123 Å². The topological polar surface area (TPSA) is 55.1 Å². The van der Waals surface area contributed by atoms with Crippen molar-refractivity contribution in [2.45, 2.75) is 45.6 Å². The molecule has 0 spiro atoms. The van der Waals surface area contributed by atoms with Crippen LogP contribution in [0.5, 0.6) is 0 Å². The van der Waals surface area contributed by atoms with E-state index in [1.807, 2.05) is 18.2 Å². The highest BCUT2D eigenvalue weighted by Gasteiger charge is 2.13. The summed E-state index contributed by atoms with van der Waals surface area (Å²) < 4.78 is 2.20. The molecular formula is C15H19ClN2O2. The normalized spacial score (nSPS) is 11.4. The van der Waals surface area contributed by atoms with E-state index >= 15 is 0 Å². The van der Waals surface area contributed by atoms with E-state index in [1.54, 1.807) is 0 Å². The van der Waals surface area contributed by atoms with E-state index in [0.29, 0.717) is 17.5 Å². The lowest BCUT2D eigenvalue weighted by atomic mass is 10.2. The van der Waals surface area contributed by atoms with E-state index < -0.39 is 5.97 Å². The minimum absolute atomic E-state index is 0.216. The van der Waals surface area contributed by atoms with Gasteiger partial charge in [0.2, 0.25) is 0 Å². The smallest absolute Gasteiger partial charge is 0.303 e. The molecule has 1 N–H and O–H groups in total. The minimum atomic E-state index is -0.742. The van der Waals surface area contributed by atoms with Gasteiger partial charge in [0.25, 0.3) is 0 Å². The second-order valence-electron chi connectivity index (χ2n) is 5.23. The van der Waals surface area contributed by atoms with Crippen LogP contribution >= 0.6 is 11.6 Å². The van der Waals surface area contributed by atoms with Crippen LogP contribution in [0.2, 0.25) is 5.02 Å². The van der Waals surface area contributed by atoms with Crippen LogP contribution in [0, 0.1) is 0 Å². The van der Waals surface area contributed by atoms with Crippen molar-refractivity contribution in [3.63, 3.8) is 0 Å². The number of rotatable bonds is 6. The number of hydrogen-bond donors (Lipinski definition) is 1. The fourth-order valence-corrected chi connectivity index (χ4v) is 2.60. The summed E-state index contributed by atoms with van der Waals surface area (Å²) >= 11 is 6.01. The number of aliphatic carboxylic acids is 1. The first kappa shape index (κ1) is 14.9. The maximum Gasteiger partial charge on any atom is 0.303 e. The van der Waals surface area contributed by atoms with Gasteiger partial charge in [-0.05, 0) is 44.9 Å². The van der Waals surface area contributed by atoms with Gasteiger partial charge in [0.1, 0.15) is 5.82 Å². The van der Waals surface area contributed by atoms with Gasteiger partial charge in [-0.2, -0.15) is 0 Å². The van der Waals surface area contributed by atoms with Gasteiger partial charge in [-0.15, -0.1) is 0 Å². The molecule has 1 aromatic heterocycles. The van der Waals surface area contributed by atoms with Crippen LogP contribution in [0.15, 0.2) is 18.2 Å². The van der Waals surface area contributed by atoms with Crippen molar-refractivity contribution in [2.24, 2.45) is 0 Å². The van der Waals surface area contributed by atoms with Crippen LogP contribution in [-0.4, -0.2) is 20.6 Å². The molecule has 0 aliphatic rings. The lowest BCUT2D eigenvalue weighted by Crippen LogP contribution is -2.06. The summed E-state index contributed by atoms with van der Waals surface area (Å²) in [6.45, 7) is 4.24. The molecular weight excluding hydrogens is 276 g/mol. The maximum absolute atomic E-state index is 10.5. The number of aromatic nitrogens is 2. The molecule has 0 aliphatic carbocycles. The zero-order valence-corrected chi connectivity index (χ0v) is 12.5. The first-order valence-corrected chi connectivity index (χ1v) is 7.25. The van der Waals surface area contributed by atoms with Crippen LogP contribution in [0.1, 0.15) is 45.0 Å². The molecule has 0 bridgehead atoms. The van der Waals surface area contributed by atoms with Gasteiger partial charge >= 0.3 is 5.97 Å². The third-order valence-electron chi connectivity index (χ3n) is 3.28. The summed E-state index contributed by atoms with van der Waals surface area (Å²) in [5.74, 6) is 0.261. The van der Waals surface area contributed by atoms with Crippen molar-refractivity contribution in [1.29, 1.82) is 0 Å². The molecule has 0 saturated carbocycles.